The number of nitrogens with one attached hydrogen (secondary N) is 1. The first-order valence-electron chi connectivity index (χ1n) is 6.94. The number of hydrogen-bond acceptors (Lipinski definition) is 4. The van der Waals surface area contributed by atoms with Gasteiger partial charge in [-0.3, -0.25) is 10.2 Å². The van der Waals surface area contributed by atoms with Gasteiger partial charge in [-0.2, -0.15) is 5.26 Å². The van der Waals surface area contributed by atoms with Crippen LogP contribution in [0.4, 0.5) is 0 Å². The molecule has 4 heteroatoms. The number of ether oxygens (including phenoxy) is 1. The van der Waals surface area contributed by atoms with Crippen molar-refractivity contribution in [1.29, 1.82) is 5.26 Å². The molecule has 1 saturated heterocycles. The summed E-state index contributed by atoms with van der Waals surface area (Å²) in [4.78, 5) is 2.40. The Balaban J connectivity index is 2.69. The largest absolute Gasteiger partial charge is 0.376 e. The lowest BCUT2D eigenvalue weighted by Gasteiger charge is -2.42. The van der Waals surface area contributed by atoms with E-state index in [0.29, 0.717) is 12.1 Å². The zero-order chi connectivity index (χ0) is 13.8. The van der Waals surface area contributed by atoms with Gasteiger partial charge in [0.1, 0.15) is 5.54 Å². The minimum absolute atomic E-state index is 0.259. The summed E-state index contributed by atoms with van der Waals surface area (Å²) in [5, 5.41) is 12.8. The molecular weight excluding hydrogens is 226 g/mol. The topological polar surface area (TPSA) is 48.3 Å². The predicted octanol–water partition coefficient (Wildman–Crippen LogP) is 1.77. The molecule has 3 atom stereocenters. The van der Waals surface area contributed by atoms with Crippen LogP contribution in [0.5, 0.6) is 0 Å². The van der Waals surface area contributed by atoms with Crippen molar-refractivity contribution >= 4 is 0 Å². The van der Waals surface area contributed by atoms with Crippen LogP contribution >= 0.6 is 0 Å². The maximum absolute atomic E-state index is 9.42. The fraction of sp³-hybridized carbons (Fsp3) is 0.929. The molecule has 3 unspecified atom stereocenters. The fourth-order valence-electron chi connectivity index (χ4n) is 2.64. The van der Waals surface area contributed by atoms with Gasteiger partial charge in [0.15, 0.2) is 0 Å². The molecule has 0 bridgehead atoms. The molecule has 1 rings (SSSR count). The summed E-state index contributed by atoms with van der Waals surface area (Å²) in [5.41, 5.74) is -0.487. The van der Waals surface area contributed by atoms with Crippen molar-refractivity contribution in [3.05, 3.63) is 0 Å². The zero-order valence-corrected chi connectivity index (χ0v) is 12.4. The third kappa shape index (κ3) is 4.24. The van der Waals surface area contributed by atoms with Crippen LogP contribution in [0.15, 0.2) is 0 Å². The smallest absolute Gasteiger partial charge is 0.116 e. The molecule has 0 aromatic heterocycles. The molecule has 0 spiro atoms. The van der Waals surface area contributed by atoms with Crippen molar-refractivity contribution in [1.82, 2.24) is 10.2 Å². The highest BCUT2D eigenvalue weighted by atomic mass is 16.5. The number of morpholine rings is 1. The lowest BCUT2D eigenvalue weighted by molar-refractivity contribution is -0.0610. The highest BCUT2D eigenvalue weighted by molar-refractivity contribution is 5.07. The van der Waals surface area contributed by atoms with Crippen LogP contribution in [0.25, 0.3) is 0 Å². The molecule has 0 radical (unpaired) electrons. The van der Waals surface area contributed by atoms with Crippen LogP contribution < -0.4 is 5.32 Å². The van der Waals surface area contributed by atoms with Crippen LogP contribution in [-0.2, 0) is 4.74 Å². The van der Waals surface area contributed by atoms with E-state index in [1.54, 1.807) is 0 Å². The second-order valence-corrected chi connectivity index (χ2v) is 5.88. The third-order valence-electron chi connectivity index (χ3n) is 3.43. The summed E-state index contributed by atoms with van der Waals surface area (Å²) in [5.74, 6) is 0. The number of nitriles is 1. The van der Waals surface area contributed by atoms with Gasteiger partial charge >= 0.3 is 0 Å². The quantitative estimate of drug-likeness (QED) is 0.811. The predicted molar refractivity (Wildman–Crippen MR) is 73.4 cm³/mol. The lowest BCUT2D eigenvalue weighted by atomic mass is 9.99. The van der Waals surface area contributed by atoms with Gasteiger partial charge in [-0.05, 0) is 34.1 Å². The summed E-state index contributed by atoms with van der Waals surface area (Å²) in [6.07, 6.45) is 1.32. The van der Waals surface area contributed by atoms with E-state index in [-0.39, 0.29) is 6.10 Å². The van der Waals surface area contributed by atoms with E-state index in [1.807, 2.05) is 6.92 Å². The van der Waals surface area contributed by atoms with E-state index in [0.717, 1.165) is 26.1 Å². The average molecular weight is 253 g/mol. The minimum atomic E-state index is -0.487. The first-order valence-corrected chi connectivity index (χ1v) is 6.94. The van der Waals surface area contributed by atoms with E-state index in [4.69, 9.17) is 4.74 Å². The summed E-state index contributed by atoms with van der Waals surface area (Å²) in [6, 6.07) is 3.17. The van der Waals surface area contributed by atoms with Crippen molar-refractivity contribution in [3.63, 3.8) is 0 Å². The Hall–Kier alpha value is -0.630. The van der Waals surface area contributed by atoms with E-state index in [9.17, 15) is 5.26 Å². The average Bonchev–Trinajstić information content (AvgIpc) is 2.28. The van der Waals surface area contributed by atoms with Crippen LogP contribution in [0.3, 0.4) is 0 Å². The summed E-state index contributed by atoms with van der Waals surface area (Å²) in [7, 11) is 0. The monoisotopic (exact) mass is 253 g/mol. The lowest BCUT2D eigenvalue weighted by Crippen LogP contribution is -2.58. The van der Waals surface area contributed by atoms with Gasteiger partial charge in [-0.15, -0.1) is 0 Å². The van der Waals surface area contributed by atoms with Gasteiger partial charge in [-0.1, -0.05) is 6.92 Å². The molecule has 18 heavy (non-hydrogen) atoms. The van der Waals surface area contributed by atoms with Crippen LogP contribution in [0, 0.1) is 11.3 Å². The van der Waals surface area contributed by atoms with Gasteiger partial charge < -0.3 is 4.74 Å². The highest BCUT2D eigenvalue weighted by Gasteiger charge is 2.33. The van der Waals surface area contributed by atoms with Crippen LogP contribution in [0.2, 0.25) is 0 Å². The first-order chi connectivity index (χ1) is 8.40. The molecule has 1 heterocycles. The SMILES string of the molecule is CCC1COC(C)CN1CC(C)(C#N)NC(C)C. The zero-order valence-electron chi connectivity index (χ0n) is 12.4. The molecule has 0 aliphatic carbocycles. The maximum atomic E-state index is 9.42. The molecule has 1 N–H and O–H groups in total. The molecule has 4 nitrogen and oxygen atoms in total. The van der Waals surface area contributed by atoms with Crippen molar-refractivity contribution in [2.24, 2.45) is 0 Å². The molecular formula is C14H27N3O. The third-order valence-corrected chi connectivity index (χ3v) is 3.43. The van der Waals surface area contributed by atoms with E-state index in [2.05, 4.69) is 44.0 Å². The summed E-state index contributed by atoms with van der Waals surface area (Å²) < 4.78 is 5.70. The van der Waals surface area contributed by atoms with Crippen molar-refractivity contribution in [3.8, 4) is 6.07 Å². The Bertz CT molecular complexity index is 300. The Labute approximate surface area is 111 Å². The van der Waals surface area contributed by atoms with E-state index >= 15 is 0 Å². The number of hydrogen-bond donors (Lipinski definition) is 1. The second-order valence-electron chi connectivity index (χ2n) is 5.88. The molecule has 1 aliphatic heterocycles. The fourth-order valence-corrected chi connectivity index (χ4v) is 2.64. The minimum Gasteiger partial charge on any atom is -0.376 e. The summed E-state index contributed by atoms with van der Waals surface area (Å²) >= 11 is 0. The number of rotatable bonds is 5. The second kappa shape index (κ2) is 6.51. The molecule has 0 aromatic rings. The number of nitrogens with zero attached hydrogens (tertiary/aromatic N) is 2. The standard InChI is InChI=1S/C14H27N3O/c1-6-13-8-18-12(4)7-17(13)10-14(5,9-15)16-11(2)3/h11-13,16H,6-8,10H2,1-5H3. The van der Waals surface area contributed by atoms with Gasteiger partial charge in [-0.25, -0.2) is 0 Å². The molecule has 104 valence electrons. The first kappa shape index (κ1) is 15.4. The van der Waals surface area contributed by atoms with Gasteiger partial charge in [0.05, 0.1) is 18.8 Å². The molecule has 0 saturated carbocycles. The Morgan fingerprint density at radius 1 is 1.56 bits per heavy atom. The van der Waals surface area contributed by atoms with Crippen LogP contribution in [0.1, 0.15) is 41.0 Å². The summed E-state index contributed by atoms with van der Waals surface area (Å²) in [6.45, 7) is 12.9. The van der Waals surface area contributed by atoms with E-state index in [1.165, 1.54) is 0 Å². The van der Waals surface area contributed by atoms with Gasteiger partial charge in [0.25, 0.3) is 0 Å². The Morgan fingerprint density at radius 2 is 2.22 bits per heavy atom. The van der Waals surface area contributed by atoms with Crippen LogP contribution in [-0.4, -0.2) is 48.3 Å². The van der Waals surface area contributed by atoms with Crippen molar-refractivity contribution in [2.45, 2.75) is 64.8 Å². The van der Waals surface area contributed by atoms with Crippen molar-refractivity contribution in [2.75, 3.05) is 19.7 Å². The maximum Gasteiger partial charge on any atom is 0.116 e. The molecule has 1 fully saturated rings. The molecule has 0 amide bonds. The van der Waals surface area contributed by atoms with E-state index < -0.39 is 5.54 Å². The Morgan fingerprint density at radius 3 is 2.72 bits per heavy atom. The molecule has 0 aromatic carbocycles. The van der Waals surface area contributed by atoms with Crippen molar-refractivity contribution < 1.29 is 4.74 Å². The molecule has 1 aliphatic rings. The normalized spacial score (nSPS) is 28.9. The van der Waals surface area contributed by atoms with Gasteiger partial charge in [0.2, 0.25) is 0 Å². The highest BCUT2D eigenvalue weighted by Crippen LogP contribution is 2.18. The van der Waals surface area contributed by atoms with Gasteiger partial charge in [0, 0.05) is 25.2 Å². The Kier molecular flexibility index (Phi) is 5.58.